The molecule has 0 saturated heterocycles. The third kappa shape index (κ3) is 2.95. The van der Waals surface area contributed by atoms with Crippen LogP contribution in [-0.4, -0.2) is 16.0 Å². The topological polar surface area (TPSA) is 62.2 Å². The number of pyridine rings is 1. The number of aromatic nitrogens is 1. The zero-order valence-corrected chi connectivity index (χ0v) is 11.7. The van der Waals surface area contributed by atoms with Gasteiger partial charge in [0.1, 0.15) is 0 Å². The normalized spacial score (nSPS) is 16.0. The van der Waals surface area contributed by atoms with Gasteiger partial charge < -0.3 is 10.4 Å². The molecule has 1 aromatic carbocycles. The molecule has 1 aliphatic carbocycles. The number of amides is 1. The van der Waals surface area contributed by atoms with Crippen LogP contribution in [0, 0.1) is 0 Å². The Hall–Kier alpha value is -2.20. The summed E-state index contributed by atoms with van der Waals surface area (Å²) in [6.45, 7) is 0.465. The summed E-state index contributed by atoms with van der Waals surface area (Å²) >= 11 is 0. The van der Waals surface area contributed by atoms with Crippen LogP contribution in [0.4, 0.5) is 0 Å². The first-order valence-electron chi connectivity index (χ1n) is 7.17. The van der Waals surface area contributed by atoms with Crippen LogP contribution in [-0.2, 0) is 12.1 Å². The lowest BCUT2D eigenvalue weighted by Crippen LogP contribution is -2.33. The van der Waals surface area contributed by atoms with Crippen molar-refractivity contribution in [1.29, 1.82) is 0 Å². The lowest BCUT2D eigenvalue weighted by molar-refractivity contribution is -0.0388. The van der Waals surface area contributed by atoms with Crippen LogP contribution in [0.5, 0.6) is 0 Å². The Labute approximate surface area is 123 Å². The third-order valence-electron chi connectivity index (χ3n) is 4.05. The van der Waals surface area contributed by atoms with Crippen LogP contribution in [0.2, 0.25) is 0 Å². The van der Waals surface area contributed by atoms with E-state index < -0.39 is 5.60 Å². The molecule has 0 radical (unpaired) electrons. The van der Waals surface area contributed by atoms with Gasteiger partial charge in [-0.3, -0.25) is 9.78 Å². The molecule has 0 atom stereocenters. The fraction of sp³-hybridized carbons (Fsp3) is 0.294. The highest BCUT2D eigenvalue weighted by Crippen LogP contribution is 2.40. The van der Waals surface area contributed by atoms with Crippen LogP contribution in [0.25, 0.3) is 0 Å². The second kappa shape index (κ2) is 5.66. The summed E-state index contributed by atoms with van der Waals surface area (Å²) in [4.78, 5) is 15.8. The number of nitrogens with one attached hydrogen (secondary N) is 1. The van der Waals surface area contributed by atoms with Gasteiger partial charge in [0.2, 0.25) is 0 Å². The van der Waals surface area contributed by atoms with Crippen LogP contribution < -0.4 is 5.32 Å². The summed E-state index contributed by atoms with van der Waals surface area (Å²) in [5.41, 5.74) is 1.91. The molecule has 0 aliphatic heterocycles. The van der Waals surface area contributed by atoms with Crippen LogP contribution in [0.15, 0.2) is 48.8 Å². The lowest BCUT2D eigenvalue weighted by atomic mass is 9.75. The highest BCUT2D eigenvalue weighted by atomic mass is 16.3. The summed E-state index contributed by atoms with van der Waals surface area (Å²) in [5.74, 6) is -0.134. The number of carbonyl (C=O) groups excluding carboxylic acids is 1. The fourth-order valence-corrected chi connectivity index (χ4v) is 2.51. The van der Waals surface area contributed by atoms with Crippen molar-refractivity contribution >= 4 is 5.91 Å². The highest BCUT2D eigenvalue weighted by molar-refractivity contribution is 5.93. The Bertz CT molecular complexity index is 619. The second-order valence-corrected chi connectivity index (χ2v) is 5.51. The predicted octanol–water partition coefficient (Wildman–Crippen LogP) is 2.38. The monoisotopic (exact) mass is 282 g/mol. The quantitative estimate of drug-likeness (QED) is 0.905. The largest absolute Gasteiger partial charge is 0.385 e. The molecule has 108 valence electrons. The van der Waals surface area contributed by atoms with Crippen molar-refractivity contribution < 1.29 is 9.90 Å². The average Bonchev–Trinajstić information content (AvgIpc) is 2.51. The summed E-state index contributed by atoms with van der Waals surface area (Å²) in [6, 6.07) is 11.3. The molecule has 3 rings (SSSR count). The number of rotatable bonds is 4. The maximum absolute atomic E-state index is 11.9. The second-order valence-electron chi connectivity index (χ2n) is 5.51. The molecule has 0 unspecified atom stereocenters. The maximum Gasteiger partial charge on any atom is 0.253 e. The molecule has 2 N–H and O–H groups in total. The highest BCUT2D eigenvalue weighted by Gasteiger charge is 2.35. The van der Waals surface area contributed by atoms with Crippen LogP contribution >= 0.6 is 0 Å². The van der Waals surface area contributed by atoms with E-state index in [1.165, 1.54) is 0 Å². The van der Waals surface area contributed by atoms with Crippen molar-refractivity contribution in [3.05, 3.63) is 65.5 Å². The number of aliphatic hydroxyl groups is 1. The van der Waals surface area contributed by atoms with Crippen molar-refractivity contribution in [2.75, 3.05) is 0 Å². The van der Waals surface area contributed by atoms with Gasteiger partial charge >= 0.3 is 0 Å². The van der Waals surface area contributed by atoms with E-state index in [0.717, 1.165) is 30.4 Å². The van der Waals surface area contributed by atoms with Crippen molar-refractivity contribution in [3.8, 4) is 0 Å². The number of carbonyl (C=O) groups is 1. The van der Waals surface area contributed by atoms with E-state index in [2.05, 4.69) is 10.3 Å². The zero-order valence-electron chi connectivity index (χ0n) is 11.7. The minimum absolute atomic E-state index is 0.134. The summed E-state index contributed by atoms with van der Waals surface area (Å²) < 4.78 is 0. The van der Waals surface area contributed by atoms with Gasteiger partial charge in [-0.2, -0.15) is 0 Å². The smallest absolute Gasteiger partial charge is 0.253 e. The van der Waals surface area contributed by atoms with E-state index in [9.17, 15) is 9.90 Å². The van der Waals surface area contributed by atoms with Gasteiger partial charge in [-0.1, -0.05) is 24.3 Å². The van der Waals surface area contributed by atoms with Crippen molar-refractivity contribution in [1.82, 2.24) is 10.3 Å². The molecule has 1 heterocycles. The van der Waals surface area contributed by atoms with Gasteiger partial charge in [0.25, 0.3) is 5.91 Å². The molecular formula is C17H18N2O2. The number of hydrogen-bond acceptors (Lipinski definition) is 3. The molecule has 0 bridgehead atoms. The Morgan fingerprint density at radius 1 is 1.24 bits per heavy atom. The van der Waals surface area contributed by atoms with E-state index in [-0.39, 0.29) is 5.91 Å². The number of hydrogen-bond donors (Lipinski definition) is 2. The predicted molar refractivity (Wildman–Crippen MR) is 79.6 cm³/mol. The van der Waals surface area contributed by atoms with Gasteiger partial charge in [0.05, 0.1) is 11.2 Å². The first-order chi connectivity index (χ1) is 10.2. The van der Waals surface area contributed by atoms with Gasteiger partial charge in [-0.25, -0.2) is 0 Å². The molecule has 1 saturated carbocycles. The Morgan fingerprint density at radius 2 is 2.00 bits per heavy atom. The van der Waals surface area contributed by atoms with Crippen molar-refractivity contribution in [2.24, 2.45) is 0 Å². The molecule has 2 aromatic rings. The minimum Gasteiger partial charge on any atom is -0.385 e. The molecule has 4 nitrogen and oxygen atoms in total. The summed E-state index contributed by atoms with van der Waals surface area (Å²) in [6.07, 6.45) is 5.94. The van der Waals surface area contributed by atoms with Gasteiger partial charge in [0.15, 0.2) is 0 Å². The van der Waals surface area contributed by atoms with E-state index in [4.69, 9.17) is 0 Å². The molecule has 4 heteroatoms. The standard InChI is InChI=1S/C17H18N2O2/c20-16(14-3-1-10-18-12-14)19-11-13-4-6-15(7-5-13)17(21)8-2-9-17/h1,3-7,10,12,21H,2,8-9,11H2,(H,19,20). The Balaban J connectivity index is 1.60. The van der Waals surface area contributed by atoms with Gasteiger partial charge in [0, 0.05) is 18.9 Å². The van der Waals surface area contributed by atoms with Gasteiger partial charge in [-0.05, 0) is 42.5 Å². The maximum atomic E-state index is 11.9. The van der Waals surface area contributed by atoms with E-state index >= 15 is 0 Å². The SMILES string of the molecule is O=C(NCc1ccc(C2(O)CCC2)cc1)c1cccnc1. The Morgan fingerprint density at radius 3 is 2.57 bits per heavy atom. The minimum atomic E-state index is -0.627. The van der Waals surface area contributed by atoms with E-state index in [1.54, 1.807) is 24.5 Å². The number of nitrogens with zero attached hydrogens (tertiary/aromatic N) is 1. The van der Waals surface area contributed by atoms with E-state index in [1.807, 2.05) is 24.3 Å². The van der Waals surface area contributed by atoms with Gasteiger partial charge in [-0.15, -0.1) is 0 Å². The van der Waals surface area contributed by atoms with E-state index in [0.29, 0.717) is 12.1 Å². The fourth-order valence-electron chi connectivity index (χ4n) is 2.51. The zero-order chi connectivity index (χ0) is 14.7. The van der Waals surface area contributed by atoms with Crippen LogP contribution in [0.1, 0.15) is 40.7 Å². The molecule has 1 aliphatic rings. The molecule has 0 spiro atoms. The Kier molecular flexibility index (Phi) is 3.71. The lowest BCUT2D eigenvalue weighted by Gasteiger charge is -2.37. The first-order valence-corrected chi connectivity index (χ1v) is 7.17. The summed E-state index contributed by atoms with van der Waals surface area (Å²) in [5, 5.41) is 13.1. The number of benzene rings is 1. The van der Waals surface area contributed by atoms with Crippen molar-refractivity contribution in [3.63, 3.8) is 0 Å². The summed E-state index contributed by atoms with van der Waals surface area (Å²) in [7, 11) is 0. The molecule has 1 aromatic heterocycles. The van der Waals surface area contributed by atoms with Crippen molar-refractivity contribution in [2.45, 2.75) is 31.4 Å². The molecule has 21 heavy (non-hydrogen) atoms. The first kappa shape index (κ1) is 13.8. The molecule has 1 fully saturated rings. The third-order valence-corrected chi connectivity index (χ3v) is 4.05. The molecular weight excluding hydrogens is 264 g/mol. The average molecular weight is 282 g/mol. The molecule has 1 amide bonds. The van der Waals surface area contributed by atoms with Crippen LogP contribution in [0.3, 0.4) is 0 Å².